The van der Waals surface area contributed by atoms with Gasteiger partial charge in [-0.3, -0.25) is 0 Å². The fourth-order valence-corrected chi connectivity index (χ4v) is 3.86. The normalized spacial score (nSPS) is 14.2. The number of nitrogens with zero attached hydrogens (tertiary/aromatic N) is 1. The molecule has 0 bridgehead atoms. The molecule has 1 aliphatic rings. The number of aryl methyl sites for hydroxylation is 2. The van der Waals surface area contributed by atoms with Crippen molar-refractivity contribution in [1.29, 1.82) is 0 Å². The van der Waals surface area contributed by atoms with Gasteiger partial charge in [-0.05, 0) is 85.3 Å². The van der Waals surface area contributed by atoms with Gasteiger partial charge in [0.05, 0.1) is 0 Å². The van der Waals surface area contributed by atoms with E-state index in [0.717, 1.165) is 17.7 Å². The Labute approximate surface area is 183 Å². The van der Waals surface area contributed by atoms with Crippen molar-refractivity contribution in [2.75, 3.05) is 18.0 Å². The maximum absolute atomic E-state index is 4.29. The molecular formula is C27H37NS. The fourth-order valence-electron chi connectivity index (χ4n) is 3.68. The minimum absolute atomic E-state index is 0.865. The van der Waals surface area contributed by atoms with Crippen LogP contribution in [0.5, 0.6) is 0 Å². The van der Waals surface area contributed by atoms with Gasteiger partial charge in [0, 0.05) is 25.2 Å². The standard InChI is InChI=1S/C15H21NS.C12H16/c1-12-6-7-14(10-13(2)17)11-15(12)16-8-4-3-5-9-16;1-4-10(3)12-8-6-7-11(5-2)9-12/h6-7,11,17H,2-5,8-10H2,1H3;4,6-9H,5H2,1-3H3/b;10-4+. The number of benzene rings is 2. The van der Waals surface area contributed by atoms with Crippen LogP contribution in [-0.2, 0) is 12.8 Å². The molecule has 1 fully saturated rings. The van der Waals surface area contributed by atoms with Gasteiger partial charge in [-0.25, -0.2) is 0 Å². The minimum Gasteiger partial charge on any atom is -0.371 e. The molecule has 2 heteroatoms. The molecule has 29 heavy (non-hydrogen) atoms. The monoisotopic (exact) mass is 407 g/mol. The zero-order valence-electron chi connectivity index (χ0n) is 18.7. The lowest BCUT2D eigenvalue weighted by molar-refractivity contribution is 0.577. The topological polar surface area (TPSA) is 3.24 Å². The van der Waals surface area contributed by atoms with Gasteiger partial charge in [-0.15, -0.1) is 12.6 Å². The third kappa shape index (κ3) is 7.44. The Morgan fingerprint density at radius 3 is 2.41 bits per heavy atom. The van der Waals surface area contributed by atoms with Crippen LogP contribution >= 0.6 is 12.6 Å². The molecule has 1 aliphatic heterocycles. The number of allylic oxidation sites excluding steroid dienone is 3. The Morgan fingerprint density at radius 2 is 1.79 bits per heavy atom. The van der Waals surface area contributed by atoms with Crippen LogP contribution in [-0.4, -0.2) is 13.1 Å². The molecule has 1 heterocycles. The molecular weight excluding hydrogens is 370 g/mol. The molecule has 0 aliphatic carbocycles. The Bertz CT molecular complexity index is 828. The van der Waals surface area contributed by atoms with E-state index < -0.39 is 0 Å². The predicted molar refractivity (Wildman–Crippen MR) is 134 cm³/mol. The molecule has 1 saturated heterocycles. The number of thiol groups is 1. The lowest BCUT2D eigenvalue weighted by atomic mass is 10.0. The summed E-state index contributed by atoms with van der Waals surface area (Å²) in [7, 11) is 0. The average molecular weight is 408 g/mol. The Morgan fingerprint density at radius 1 is 1.07 bits per heavy atom. The van der Waals surface area contributed by atoms with Crippen molar-refractivity contribution < 1.29 is 0 Å². The van der Waals surface area contributed by atoms with E-state index in [1.807, 2.05) is 0 Å². The smallest absolute Gasteiger partial charge is 0.0398 e. The number of rotatable bonds is 5. The van der Waals surface area contributed by atoms with Gasteiger partial charge in [-0.2, -0.15) is 0 Å². The highest BCUT2D eigenvalue weighted by Crippen LogP contribution is 2.26. The Balaban J connectivity index is 0.000000221. The van der Waals surface area contributed by atoms with Gasteiger partial charge in [0.25, 0.3) is 0 Å². The number of hydrogen-bond acceptors (Lipinski definition) is 2. The maximum atomic E-state index is 4.29. The van der Waals surface area contributed by atoms with Crippen LogP contribution in [0, 0.1) is 6.92 Å². The van der Waals surface area contributed by atoms with Crippen molar-refractivity contribution in [3.05, 3.63) is 82.3 Å². The molecule has 0 amide bonds. The summed E-state index contributed by atoms with van der Waals surface area (Å²) >= 11 is 4.29. The van der Waals surface area contributed by atoms with Crippen LogP contribution in [0.15, 0.2) is 60.0 Å². The maximum Gasteiger partial charge on any atom is 0.0398 e. The van der Waals surface area contributed by atoms with Crippen molar-refractivity contribution in [1.82, 2.24) is 0 Å². The summed E-state index contributed by atoms with van der Waals surface area (Å²) in [4.78, 5) is 3.45. The third-order valence-corrected chi connectivity index (χ3v) is 5.76. The third-order valence-electron chi connectivity index (χ3n) is 5.60. The van der Waals surface area contributed by atoms with E-state index in [2.05, 4.69) is 100 Å². The van der Waals surface area contributed by atoms with E-state index in [1.54, 1.807) is 0 Å². The summed E-state index contributed by atoms with van der Waals surface area (Å²) in [5, 5.41) is 0. The van der Waals surface area contributed by atoms with E-state index in [-0.39, 0.29) is 0 Å². The number of anilines is 1. The first kappa shape index (κ1) is 23.3. The quantitative estimate of drug-likeness (QED) is 0.498. The molecule has 0 unspecified atom stereocenters. The minimum atomic E-state index is 0.865. The lowest BCUT2D eigenvalue weighted by Gasteiger charge is -2.30. The first-order valence-electron chi connectivity index (χ1n) is 10.9. The van der Waals surface area contributed by atoms with Gasteiger partial charge in [0.2, 0.25) is 0 Å². The number of hydrogen-bond donors (Lipinski definition) is 1. The summed E-state index contributed by atoms with van der Waals surface area (Å²) in [5.74, 6) is 0. The highest BCUT2D eigenvalue weighted by Gasteiger charge is 2.13. The van der Waals surface area contributed by atoms with E-state index in [4.69, 9.17) is 0 Å². The first-order valence-corrected chi connectivity index (χ1v) is 11.3. The van der Waals surface area contributed by atoms with Crippen molar-refractivity contribution in [2.45, 2.75) is 59.8 Å². The molecule has 2 aromatic carbocycles. The highest BCUT2D eigenvalue weighted by molar-refractivity contribution is 7.84. The second kappa shape index (κ2) is 11.9. The summed E-state index contributed by atoms with van der Waals surface area (Å²) in [6.45, 7) is 14.9. The first-order chi connectivity index (χ1) is 13.9. The summed E-state index contributed by atoms with van der Waals surface area (Å²) < 4.78 is 0. The summed E-state index contributed by atoms with van der Waals surface area (Å²) in [6, 6.07) is 15.4. The largest absolute Gasteiger partial charge is 0.371 e. The van der Waals surface area contributed by atoms with Gasteiger partial charge in [-0.1, -0.05) is 56.0 Å². The van der Waals surface area contributed by atoms with Crippen molar-refractivity contribution in [3.63, 3.8) is 0 Å². The molecule has 0 saturated carbocycles. The molecule has 3 rings (SSSR count). The van der Waals surface area contributed by atoms with Crippen LogP contribution < -0.4 is 4.90 Å². The van der Waals surface area contributed by atoms with Gasteiger partial charge >= 0.3 is 0 Å². The van der Waals surface area contributed by atoms with Crippen LogP contribution in [0.25, 0.3) is 5.57 Å². The van der Waals surface area contributed by atoms with Crippen LogP contribution in [0.4, 0.5) is 5.69 Å². The second-order valence-corrected chi connectivity index (χ2v) is 8.57. The SMILES string of the molecule is C/C=C(\C)c1cccc(CC)c1.C=C(S)Cc1ccc(C)c(N2CCCCC2)c1. The molecule has 0 aromatic heterocycles. The van der Waals surface area contributed by atoms with E-state index in [9.17, 15) is 0 Å². The molecule has 0 spiro atoms. The zero-order chi connectivity index (χ0) is 21.2. The van der Waals surface area contributed by atoms with E-state index in [1.165, 1.54) is 65.9 Å². The van der Waals surface area contributed by atoms with E-state index in [0.29, 0.717) is 0 Å². The van der Waals surface area contributed by atoms with Crippen molar-refractivity contribution >= 4 is 23.9 Å². The predicted octanol–water partition coefficient (Wildman–Crippen LogP) is 7.64. The highest BCUT2D eigenvalue weighted by atomic mass is 32.1. The molecule has 156 valence electrons. The molecule has 1 nitrogen and oxygen atoms in total. The average Bonchev–Trinajstić information content (AvgIpc) is 2.75. The van der Waals surface area contributed by atoms with Crippen molar-refractivity contribution in [2.24, 2.45) is 0 Å². The fraction of sp³-hybridized carbons (Fsp3) is 0.407. The van der Waals surface area contributed by atoms with E-state index >= 15 is 0 Å². The molecule has 0 N–H and O–H groups in total. The second-order valence-electron chi connectivity index (χ2n) is 7.94. The van der Waals surface area contributed by atoms with Crippen LogP contribution in [0.3, 0.4) is 0 Å². The van der Waals surface area contributed by atoms with Crippen LogP contribution in [0.2, 0.25) is 0 Å². The van der Waals surface area contributed by atoms with Crippen molar-refractivity contribution in [3.8, 4) is 0 Å². The molecule has 2 aromatic rings. The molecule has 0 atom stereocenters. The summed E-state index contributed by atoms with van der Waals surface area (Å²) in [5.41, 5.74) is 8.20. The lowest BCUT2D eigenvalue weighted by Crippen LogP contribution is -2.30. The van der Waals surface area contributed by atoms with Gasteiger partial charge in [0.1, 0.15) is 0 Å². The zero-order valence-corrected chi connectivity index (χ0v) is 19.6. The van der Waals surface area contributed by atoms with Gasteiger partial charge < -0.3 is 4.90 Å². The molecule has 0 radical (unpaired) electrons. The van der Waals surface area contributed by atoms with Crippen LogP contribution in [0.1, 0.15) is 62.3 Å². The Hall–Kier alpha value is -1.93. The van der Waals surface area contributed by atoms with Gasteiger partial charge in [0.15, 0.2) is 0 Å². The number of piperidine rings is 1. The Kier molecular flexibility index (Phi) is 9.60. The summed E-state index contributed by atoms with van der Waals surface area (Å²) in [6.07, 6.45) is 8.15.